The zero-order chi connectivity index (χ0) is 14.5. The average Bonchev–Trinajstić information content (AvgIpc) is 2.48. The van der Waals surface area contributed by atoms with Crippen molar-refractivity contribution < 1.29 is 14.7 Å². The van der Waals surface area contributed by atoms with Gasteiger partial charge in [-0.3, -0.25) is 9.59 Å². The van der Waals surface area contributed by atoms with Crippen molar-refractivity contribution in [2.24, 2.45) is 0 Å². The number of aliphatic carboxylic acids is 1. The number of ketones is 1. The highest BCUT2D eigenvalue weighted by atomic mass is 16.4. The zero-order valence-corrected chi connectivity index (χ0v) is 11.2. The van der Waals surface area contributed by atoms with E-state index in [4.69, 9.17) is 0 Å². The Morgan fingerprint density at radius 1 is 1.00 bits per heavy atom. The van der Waals surface area contributed by atoms with Crippen molar-refractivity contribution in [2.75, 3.05) is 0 Å². The summed E-state index contributed by atoms with van der Waals surface area (Å²) in [5.41, 5.74) is 1.62. The van der Waals surface area contributed by atoms with E-state index in [1.807, 2.05) is 13.0 Å². The topological polar surface area (TPSA) is 54.4 Å². The van der Waals surface area contributed by atoms with Crippen molar-refractivity contribution in [3.05, 3.63) is 71.3 Å². The van der Waals surface area contributed by atoms with Gasteiger partial charge in [-0.05, 0) is 12.0 Å². The first-order chi connectivity index (χ1) is 9.65. The third-order valence-electron chi connectivity index (χ3n) is 3.32. The van der Waals surface area contributed by atoms with E-state index in [2.05, 4.69) is 0 Å². The van der Waals surface area contributed by atoms with E-state index in [-0.39, 0.29) is 5.78 Å². The molecule has 102 valence electrons. The van der Waals surface area contributed by atoms with Crippen LogP contribution in [0.5, 0.6) is 0 Å². The Balaban J connectivity index is 2.48. The standard InChI is InChI=1S/C17H16O3/c1-2-13(17(19)20)14-10-6-7-11-15(14)16(18)12-8-4-3-5-9-12/h3-11,13H,2H2,1H3,(H,19,20). The van der Waals surface area contributed by atoms with Gasteiger partial charge in [0.2, 0.25) is 0 Å². The summed E-state index contributed by atoms with van der Waals surface area (Å²) in [6.45, 7) is 1.81. The molecule has 1 atom stereocenters. The Morgan fingerprint density at radius 3 is 2.20 bits per heavy atom. The van der Waals surface area contributed by atoms with Gasteiger partial charge >= 0.3 is 5.97 Å². The number of rotatable bonds is 5. The first-order valence-corrected chi connectivity index (χ1v) is 6.56. The maximum absolute atomic E-state index is 12.5. The van der Waals surface area contributed by atoms with Gasteiger partial charge in [-0.2, -0.15) is 0 Å². The fraction of sp³-hybridized carbons (Fsp3) is 0.176. The number of carbonyl (C=O) groups excluding carboxylic acids is 1. The highest BCUT2D eigenvalue weighted by molar-refractivity contribution is 6.10. The van der Waals surface area contributed by atoms with E-state index in [1.54, 1.807) is 48.5 Å². The number of carbonyl (C=O) groups is 2. The quantitative estimate of drug-likeness (QED) is 0.844. The number of hydrogen-bond acceptors (Lipinski definition) is 2. The molecular weight excluding hydrogens is 252 g/mol. The number of carboxylic acid groups (broad SMARTS) is 1. The minimum atomic E-state index is -0.902. The van der Waals surface area contributed by atoms with E-state index in [1.165, 1.54) is 0 Å². The van der Waals surface area contributed by atoms with Crippen molar-refractivity contribution in [2.45, 2.75) is 19.3 Å². The SMILES string of the molecule is CCC(C(=O)O)c1ccccc1C(=O)c1ccccc1. The molecule has 3 heteroatoms. The highest BCUT2D eigenvalue weighted by Gasteiger charge is 2.23. The number of hydrogen-bond donors (Lipinski definition) is 1. The van der Waals surface area contributed by atoms with Gasteiger partial charge < -0.3 is 5.11 Å². The maximum Gasteiger partial charge on any atom is 0.310 e. The van der Waals surface area contributed by atoms with Gasteiger partial charge in [-0.25, -0.2) is 0 Å². The molecule has 0 spiro atoms. The molecule has 2 aromatic carbocycles. The molecule has 0 amide bonds. The van der Waals surface area contributed by atoms with Crippen molar-refractivity contribution in [1.29, 1.82) is 0 Å². The fourth-order valence-corrected chi connectivity index (χ4v) is 2.28. The molecule has 0 aliphatic carbocycles. The molecule has 1 N–H and O–H groups in total. The lowest BCUT2D eigenvalue weighted by Crippen LogP contribution is -2.15. The van der Waals surface area contributed by atoms with Crippen LogP contribution in [-0.2, 0) is 4.79 Å². The lowest BCUT2D eigenvalue weighted by molar-refractivity contribution is -0.138. The Kier molecular flexibility index (Phi) is 4.31. The second-order valence-electron chi connectivity index (χ2n) is 4.58. The maximum atomic E-state index is 12.5. The summed E-state index contributed by atoms with van der Waals surface area (Å²) in [6, 6.07) is 15.8. The third kappa shape index (κ3) is 2.77. The second kappa shape index (κ2) is 6.15. The van der Waals surface area contributed by atoms with E-state index in [0.29, 0.717) is 23.1 Å². The second-order valence-corrected chi connectivity index (χ2v) is 4.58. The summed E-state index contributed by atoms with van der Waals surface area (Å²) in [6.07, 6.45) is 0.453. The molecule has 0 saturated carbocycles. The van der Waals surface area contributed by atoms with Crippen LogP contribution in [0.3, 0.4) is 0 Å². The van der Waals surface area contributed by atoms with Gasteiger partial charge in [0.1, 0.15) is 0 Å². The third-order valence-corrected chi connectivity index (χ3v) is 3.32. The van der Waals surface area contributed by atoms with E-state index in [0.717, 1.165) is 0 Å². The van der Waals surface area contributed by atoms with Crippen LogP contribution in [0.1, 0.15) is 40.7 Å². The molecule has 2 rings (SSSR count). The van der Waals surface area contributed by atoms with Crippen molar-refractivity contribution in [1.82, 2.24) is 0 Å². The Labute approximate surface area is 117 Å². The molecule has 0 saturated heterocycles. The lowest BCUT2D eigenvalue weighted by Gasteiger charge is -2.14. The van der Waals surface area contributed by atoms with Gasteiger partial charge in [0.05, 0.1) is 5.92 Å². The predicted molar refractivity (Wildman–Crippen MR) is 77.0 cm³/mol. The normalized spacial score (nSPS) is 11.8. The number of benzene rings is 2. The van der Waals surface area contributed by atoms with Crippen LogP contribution in [0.25, 0.3) is 0 Å². The number of carboxylic acids is 1. The summed E-state index contributed by atoms with van der Waals surface area (Å²) in [7, 11) is 0. The molecular formula is C17H16O3. The molecule has 0 aliphatic rings. The summed E-state index contributed by atoms with van der Waals surface area (Å²) in [5.74, 6) is -1.69. The smallest absolute Gasteiger partial charge is 0.310 e. The molecule has 3 nitrogen and oxygen atoms in total. The first kappa shape index (κ1) is 14.0. The molecule has 0 aliphatic heterocycles. The Morgan fingerprint density at radius 2 is 1.60 bits per heavy atom. The monoisotopic (exact) mass is 268 g/mol. The average molecular weight is 268 g/mol. The molecule has 0 fully saturated rings. The highest BCUT2D eigenvalue weighted by Crippen LogP contribution is 2.25. The van der Waals surface area contributed by atoms with Crippen LogP contribution in [0.2, 0.25) is 0 Å². The zero-order valence-electron chi connectivity index (χ0n) is 11.2. The minimum Gasteiger partial charge on any atom is -0.481 e. The molecule has 0 bridgehead atoms. The van der Waals surface area contributed by atoms with E-state index >= 15 is 0 Å². The fourth-order valence-electron chi connectivity index (χ4n) is 2.28. The summed E-state index contributed by atoms with van der Waals surface area (Å²) in [5, 5.41) is 9.29. The summed E-state index contributed by atoms with van der Waals surface area (Å²) < 4.78 is 0. The summed E-state index contributed by atoms with van der Waals surface area (Å²) >= 11 is 0. The largest absolute Gasteiger partial charge is 0.481 e. The van der Waals surface area contributed by atoms with Crippen LogP contribution in [0.4, 0.5) is 0 Å². The molecule has 20 heavy (non-hydrogen) atoms. The molecule has 0 radical (unpaired) electrons. The Hall–Kier alpha value is -2.42. The van der Waals surface area contributed by atoms with Gasteiger partial charge in [0, 0.05) is 11.1 Å². The van der Waals surface area contributed by atoms with Gasteiger partial charge in [0.15, 0.2) is 5.78 Å². The van der Waals surface area contributed by atoms with Gasteiger partial charge in [0.25, 0.3) is 0 Å². The van der Waals surface area contributed by atoms with Crippen LogP contribution >= 0.6 is 0 Å². The van der Waals surface area contributed by atoms with E-state index in [9.17, 15) is 14.7 Å². The predicted octanol–water partition coefficient (Wildman–Crippen LogP) is 3.50. The molecule has 0 heterocycles. The van der Waals surface area contributed by atoms with Crippen LogP contribution in [-0.4, -0.2) is 16.9 Å². The van der Waals surface area contributed by atoms with Crippen molar-refractivity contribution >= 4 is 11.8 Å². The van der Waals surface area contributed by atoms with Crippen LogP contribution < -0.4 is 0 Å². The van der Waals surface area contributed by atoms with Crippen molar-refractivity contribution in [3.63, 3.8) is 0 Å². The minimum absolute atomic E-state index is 0.138. The lowest BCUT2D eigenvalue weighted by atomic mass is 9.89. The Bertz CT molecular complexity index is 617. The first-order valence-electron chi connectivity index (χ1n) is 6.56. The van der Waals surface area contributed by atoms with Gasteiger partial charge in [-0.15, -0.1) is 0 Å². The van der Waals surface area contributed by atoms with Crippen LogP contribution in [0, 0.1) is 0 Å². The van der Waals surface area contributed by atoms with Crippen LogP contribution in [0.15, 0.2) is 54.6 Å². The van der Waals surface area contributed by atoms with E-state index < -0.39 is 11.9 Å². The molecule has 1 unspecified atom stereocenters. The molecule has 0 aromatic heterocycles. The van der Waals surface area contributed by atoms with Gasteiger partial charge in [-0.1, -0.05) is 61.5 Å². The van der Waals surface area contributed by atoms with Crippen molar-refractivity contribution in [3.8, 4) is 0 Å². The summed E-state index contributed by atoms with van der Waals surface area (Å²) in [4.78, 5) is 23.8. The molecule has 2 aromatic rings.